The summed E-state index contributed by atoms with van der Waals surface area (Å²) in [4.78, 5) is 59.3. The molecule has 1 rings (SSSR count). The van der Waals surface area contributed by atoms with Crippen molar-refractivity contribution in [2.45, 2.75) is 83.2 Å². The van der Waals surface area contributed by atoms with E-state index in [9.17, 15) is 37.1 Å². The number of ether oxygens (including phenoxy) is 1. The third-order valence-corrected chi connectivity index (χ3v) is 6.94. The monoisotopic (exact) mass is 693 g/mol. The van der Waals surface area contributed by atoms with Crippen LogP contribution in [-0.4, -0.2) is 85.2 Å². The molecule has 1 heterocycles. The molecule has 230 valence electrons. The largest absolute Gasteiger partial charge is 0.481 e. The van der Waals surface area contributed by atoms with Crippen LogP contribution in [0.5, 0.6) is 0 Å². The Kier molecular flexibility index (Phi) is 17.1. The molecule has 0 aromatic rings. The van der Waals surface area contributed by atoms with Gasteiger partial charge in [0.1, 0.15) is 23.0 Å². The van der Waals surface area contributed by atoms with Crippen LogP contribution in [0.4, 0.5) is 13.2 Å². The number of nitrogens with zero attached hydrogens (tertiary/aromatic N) is 1. The SMILES string of the molecule is O=C(O)CCC(=O)OCC1(COI)CCN(C(=O)CCCCCNC(=O)CCCCCNC(=O)C(F)(F)F)CC1. The van der Waals surface area contributed by atoms with Gasteiger partial charge in [0, 0.05) is 44.4 Å². The van der Waals surface area contributed by atoms with E-state index in [4.69, 9.17) is 12.9 Å². The second-order valence-corrected chi connectivity index (χ2v) is 10.5. The number of rotatable bonds is 19. The molecule has 0 unspecified atom stereocenters. The number of carbonyl (C=O) groups excluding carboxylic acids is 4. The smallest absolute Gasteiger partial charge is 0.471 e. The Balaban J connectivity index is 2.14. The van der Waals surface area contributed by atoms with Crippen molar-refractivity contribution in [1.29, 1.82) is 0 Å². The van der Waals surface area contributed by atoms with Crippen molar-refractivity contribution in [3.05, 3.63) is 0 Å². The highest BCUT2D eigenvalue weighted by Gasteiger charge is 2.38. The van der Waals surface area contributed by atoms with Crippen LogP contribution in [0.3, 0.4) is 0 Å². The predicted octanol–water partition coefficient (Wildman–Crippen LogP) is 3.29. The molecule has 3 N–H and O–H groups in total. The van der Waals surface area contributed by atoms with Crippen LogP contribution in [0.25, 0.3) is 0 Å². The Bertz CT molecular complexity index is 837. The number of carboxylic acids is 1. The molecule has 0 aromatic carbocycles. The van der Waals surface area contributed by atoms with Gasteiger partial charge in [0.2, 0.25) is 11.8 Å². The number of likely N-dealkylation sites (tertiary alicyclic amines) is 1. The molecule has 0 spiro atoms. The minimum Gasteiger partial charge on any atom is -0.481 e. The van der Waals surface area contributed by atoms with E-state index >= 15 is 0 Å². The van der Waals surface area contributed by atoms with Crippen molar-refractivity contribution in [1.82, 2.24) is 15.5 Å². The van der Waals surface area contributed by atoms with Crippen LogP contribution in [-0.2, 0) is 31.8 Å². The van der Waals surface area contributed by atoms with Crippen LogP contribution in [0.15, 0.2) is 0 Å². The summed E-state index contributed by atoms with van der Waals surface area (Å²) in [6.07, 6.45) is 0.0244. The van der Waals surface area contributed by atoms with Crippen LogP contribution in [0.2, 0.25) is 0 Å². The first kappa shape index (κ1) is 35.9. The Morgan fingerprint density at radius 2 is 1.43 bits per heavy atom. The lowest BCUT2D eigenvalue weighted by Gasteiger charge is -2.40. The molecular formula is C25H39F3IN3O8. The second-order valence-electron chi connectivity index (χ2n) is 9.91. The summed E-state index contributed by atoms with van der Waals surface area (Å²) in [6, 6.07) is 0. The summed E-state index contributed by atoms with van der Waals surface area (Å²) in [7, 11) is 0. The zero-order chi connectivity index (χ0) is 30.0. The van der Waals surface area contributed by atoms with Gasteiger partial charge in [0.05, 0.1) is 26.1 Å². The average molecular weight is 693 g/mol. The van der Waals surface area contributed by atoms with E-state index in [0.717, 1.165) is 6.42 Å². The molecule has 11 nitrogen and oxygen atoms in total. The molecule has 1 saturated heterocycles. The maximum atomic E-state index is 12.6. The lowest BCUT2D eigenvalue weighted by atomic mass is 9.80. The molecule has 40 heavy (non-hydrogen) atoms. The fourth-order valence-corrected chi connectivity index (χ4v) is 4.79. The van der Waals surface area contributed by atoms with Gasteiger partial charge in [-0.1, -0.05) is 12.8 Å². The molecule has 0 atom stereocenters. The van der Waals surface area contributed by atoms with Crippen molar-refractivity contribution in [2.24, 2.45) is 5.41 Å². The summed E-state index contributed by atoms with van der Waals surface area (Å²) in [5.41, 5.74) is -0.419. The van der Waals surface area contributed by atoms with Crippen molar-refractivity contribution >= 4 is 52.7 Å². The predicted molar refractivity (Wildman–Crippen MR) is 145 cm³/mol. The summed E-state index contributed by atoms with van der Waals surface area (Å²) in [6.45, 7) is 1.88. The van der Waals surface area contributed by atoms with Gasteiger partial charge in [-0.2, -0.15) is 13.2 Å². The number of amides is 3. The third-order valence-electron chi connectivity index (χ3n) is 6.63. The van der Waals surface area contributed by atoms with Crippen LogP contribution < -0.4 is 10.6 Å². The minimum absolute atomic E-state index is 0.0397. The standard InChI is InChI=1S/C25H39F3IN3O8/c26-25(27,28)23(38)31-14-6-1-3-7-19(33)30-13-5-2-4-8-20(34)32-15-11-24(12-16-32,18-40-29)17-39-22(37)10-9-21(35)36/h1-18H2,(H,30,33)(H,31,38)(H,35,36). The number of carbonyl (C=O) groups is 5. The van der Waals surface area contributed by atoms with Crippen molar-refractivity contribution in [3.63, 3.8) is 0 Å². The number of alkyl halides is 3. The molecule has 0 bridgehead atoms. The number of halogens is 4. The molecule has 1 aliphatic heterocycles. The molecule has 0 saturated carbocycles. The second kappa shape index (κ2) is 19.0. The summed E-state index contributed by atoms with van der Waals surface area (Å²) < 4.78 is 46.8. The number of piperidine rings is 1. The number of carboxylic acid groups (broad SMARTS) is 1. The van der Waals surface area contributed by atoms with E-state index < -0.39 is 29.4 Å². The maximum absolute atomic E-state index is 12.6. The van der Waals surface area contributed by atoms with E-state index in [-0.39, 0.29) is 44.2 Å². The molecule has 0 aromatic heterocycles. The lowest BCUT2D eigenvalue weighted by Crippen LogP contribution is -2.47. The van der Waals surface area contributed by atoms with Gasteiger partial charge in [-0.15, -0.1) is 0 Å². The number of aliphatic carboxylic acids is 1. The molecule has 0 aliphatic carbocycles. The summed E-state index contributed by atoms with van der Waals surface area (Å²) in [5.74, 6) is -3.70. The van der Waals surface area contributed by atoms with Gasteiger partial charge >= 0.3 is 24.0 Å². The number of unbranched alkanes of at least 4 members (excludes halogenated alkanes) is 4. The van der Waals surface area contributed by atoms with Gasteiger partial charge in [-0.3, -0.25) is 24.0 Å². The normalized spacial score (nSPS) is 14.8. The van der Waals surface area contributed by atoms with Crippen LogP contribution in [0.1, 0.15) is 77.0 Å². The van der Waals surface area contributed by atoms with Crippen molar-refractivity contribution < 1.29 is 50.1 Å². The summed E-state index contributed by atoms with van der Waals surface area (Å²) >= 11 is 1.78. The van der Waals surface area contributed by atoms with Gasteiger partial charge in [0.15, 0.2) is 0 Å². The van der Waals surface area contributed by atoms with E-state index in [1.165, 1.54) is 0 Å². The first-order chi connectivity index (χ1) is 18.9. The highest BCUT2D eigenvalue weighted by Crippen LogP contribution is 2.33. The highest BCUT2D eigenvalue weighted by molar-refractivity contribution is 14.1. The van der Waals surface area contributed by atoms with E-state index in [0.29, 0.717) is 77.6 Å². The Labute approximate surface area is 245 Å². The van der Waals surface area contributed by atoms with Gasteiger partial charge in [0.25, 0.3) is 0 Å². The molecule has 0 radical (unpaired) electrons. The molecule has 1 fully saturated rings. The van der Waals surface area contributed by atoms with Crippen molar-refractivity contribution in [3.8, 4) is 0 Å². The van der Waals surface area contributed by atoms with Gasteiger partial charge in [-0.05, 0) is 38.5 Å². The van der Waals surface area contributed by atoms with Gasteiger partial charge < -0.3 is 28.4 Å². The van der Waals surface area contributed by atoms with Crippen LogP contribution in [0, 0.1) is 5.41 Å². The van der Waals surface area contributed by atoms with Crippen LogP contribution >= 0.6 is 23.0 Å². The molecule has 3 amide bonds. The zero-order valence-corrected chi connectivity index (χ0v) is 24.6. The fraction of sp³-hybridized carbons (Fsp3) is 0.800. The van der Waals surface area contributed by atoms with Crippen molar-refractivity contribution in [2.75, 3.05) is 39.4 Å². The number of nitrogens with one attached hydrogen (secondary N) is 2. The summed E-state index contributed by atoms with van der Waals surface area (Å²) in [5, 5.41) is 13.3. The first-order valence-electron chi connectivity index (χ1n) is 13.4. The Morgan fingerprint density at radius 3 is 2.00 bits per heavy atom. The minimum atomic E-state index is -4.88. The quantitative estimate of drug-likeness (QED) is 0.106. The van der Waals surface area contributed by atoms with E-state index in [2.05, 4.69) is 5.32 Å². The highest BCUT2D eigenvalue weighted by atomic mass is 127. The molecule has 15 heteroatoms. The topological polar surface area (TPSA) is 151 Å². The van der Waals surface area contributed by atoms with E-state index in [1.807, 2.05) is 0 Å². The number of hydrogen-bond donors (Lipinski definition) is 3. The Morgan fingerprint density at radius 1 is 0.825 bits per heavy atom. The average Bonchev–Trinajstić information content (AvgIpc) is 2.90. The maximum Gasteiger partial charge on any atom is 0.471 e. The number of esters is 1. The third kappa shape index (κ3) is 15.6. The van der Waals surface area contributed by atoms with E-state index in [1.54, 1.807) is 33.2 Å². The zero-order valence-electron chi connectivity index (χ0n) is 22.5. The number of hydrogen-bond acceptors (Lipinski definition) is 7. The lowest BCUT2D eigenvalue weighted by molar-refractivity contribution is -0.173. The Hall–Kier alpha value is -2.17. The fourth-order valence-electron chi connectivity index (χ4n) is 4.13. The first-order valence-corrected chi connectivity index (χ1v) is 14.3. The molecule has 1 aliphatic rings. The molecular weight excluding hydrogens is 654 g/mol. The van der Waals surface area contributed by atoms with Gasteiger partial charge in [-0.25, -0.2) is 0 Å².